The molecule has 1 aliphatic carbocycles. The highest BCUT2D eigenvalue weighted by molar-refractivity contribution is 8.00. The highest BCUT2D eigenvalue weighted by Gasteiger charge is 2.52. The molecule has 2 aromatic carbocycles. The molecule has 170 valence electrons. The van der Waals surface area contributed by atoms with Crippen LogP contribution in [-0.2, 0) is 10.2 Å². The van der Waals surface area contributed by atoms with Crippen LogP contribution in [0.5, 0.6) is 5.75 Å². The molecular formula is C23H25ClFN3O2S2. The fourth-order valence-electron chi connectivity index (χ4n) is 4.64. The Morgan fingerprint density at radius 2 is 2.03 bits per heavy atom. The van der Waals surface area contributed by atoms with Crippen molar-refractivity contribution in [2.24, 2.45) is 0 Å². The molecule has 9 heteroatoms. The number of fused-ring (bicyclic) bond motifs is 2. The van der Waals surface area contributed by atoms with Crippen molar-refractivity contribution in [3.05, 3.63) is 46.7 Å². The maximum atomic E-state index is 14.2. The highest BCUT2D eigenvalue weighted by atomic mass is 35.5. The van der Waals surface area contributed by atoms with Crippen molar-refractivity contribution in [2.45, 2.75) is 48.5 Å². The van der Waals surface area contributed by atoms with Gasteiger partial charge >= 0.3 is 0 Å². The van der Waals surface area contributed by atoms with E-state index < -0.39 is 5.41 Å². The second-order valence-corrected chi connectivity index (χ2v) is 10.7. The van der Waals surface area contributed by atoms with Gasteiger partial charge in [-0.15, -0.1) is 0 Å². The molecule has 0 atom stereocenters. The number of halogens is 2. The second-order valence-electron chi connectivity index (χ2n) is 8.49. The monoisotopic (exact) mass is 493 g/mol. The van der Waals surface area contributed by atoms with Gasteiger partial charge in [-0.05, 0) is 73.7 Å². The molecule has 0 radical (unpaired) electrons. The van der Waals surface area contributed by atoms with Crippen LogP contribution in [0.25, 0.3) is 0 Å². The van der Waals surface area contributed by atoms with E-state index in [9.17, 15) is 9.18 Å². The molecule has 2 N–H and O–H groups in total. The second kappa shape index (κ2) is 8.97. The van der Waals surface area contributed by atoms with Crippen LogP contribution < -0.4 is 14.8 Å². The van der Waals surface area contributed by atoms with Gasteiger partial charge in [-0.2, -0.15) is 0 Å². The number of benzene rings is 2. The number of ether oxygens (including phenoxy) is 1. The van der Waals surface area contributed by atoms with Gasteiger partial charge in [0, 0.05) is 29.9 Å². The van der Waals surface area contributed by atoms with E-state index in [4.69, 9.17) is 16.3 Å². The maximum Gasteiger partial charge on any atom is 0.235 e. The van der Waals surface area contributed by atoms with Crippen molar-refractivity contribution < 1.29 is 13.9 Å². The first kappa shape index (κ1) is 22.2. The predicted octanol–water partition coefficient (Wildman–Crippen LogP) is 6.09. The third-order valence-electron chi connectivity index (χ3n) is 6.62. The number of hydrogen-bond donors (Lipinski definition) is 2. The molecular weight excluding hydrogens is 469 g/mol. The first-order chi connectivity index (χ1) is 15.5. The van der Waals surface area contributed by atoms with Gasteiger partial charge in [0.15, 0.2) is 0 Å². The van der Waals surface area contributed by atoms with Crippen LogP contribution in [0.3, 0.4) is 0 Å². The lowest BCUT2D eigenvalue weighted by Crippen LogP contribution is -2.40. The van der Waals surface area contributed by atoms with Gasteiger partial charge in [0.1, 0.15) is 17.7 Å². The molecule has 2 aromatic rings. The molecule has 5 rings (SSSR count). The molecule has 1 saturated carbocycles. The number of amides is 1. The summed E-state index contributed by atoms with van der Waals surface area (Å²) >= 11 is 8.82. The topological polar surface area (TPSA) is 53.6 Å². The highest BCUT2D eigenvalue weighted by Crippen LogP contribution is 2.54. The first-order valence-corrected chi connectivity index (χ1v) is 13.2. The quantitative estimate of drug-likeness (QED) is 0.475. The van der Waals surface area contributed by atoms with Crippen LogP contribution in [0.15, 0.2) is 35.2 Å². The van der Waals surface area contributed by atoms with Crippen molar-refractivity contribution >= 4 is 52.8 Å². The van der Waals surface area contributed by atoms with Gasteiger partial charge in [0.2, 0.25) is 5.91 Å². The van der Waals surface area contributed by atoms with E-state index in [1.165, 1.54) is 18.0 Å². The Morgan fingerprint density at radius 3 is 2.69 bits per heavy atom. The molecule has 2 fully saturated rings. The smallest absolute Gasteiger partial charge is 0.235 e. The SMILES string of the molecule is CSN1CCC(Oc2cc(NSc3ccc(Cl)cc3F)cc3c2NC(=O)C32CCC2)CC1. The molecule has 2 aliphatic heterocycles. The standard InChI is InChI=1S/C23H25ClFN3O2S2/c1-31-28-9-5-16(6-10-28)30-19-13-15(27-32-20-4-3-14(24)11-18(20)25)12-17-21(19)26-22(29)23(17)7-2-8-23/h3-4,11-13,16,27H,2,5-10H2,1H3,(H,26,29). The Hall–Kier alpha value is -1.61. The summed E-state index contributed by atoms with van der Waals surface area (Å²) in [5, 5.41) is 3.46. The number of carbonyl (C=O) groups is 1. The van der Waals surface area contributed by atoms with E-state index in [0.717, 1.165) is 62.1 Å². The van der Waals surface area contributed by atoms with Crippen LogP contribution in [0.4, 0.5) is 15.8 Å². The lowest BCUT2D eigenvalue weighted by Gasteiger charge is -2.36. The molecule has 1 amide bonds. The lowest BCUT2D eigenvalue weighted by molar-refractivity contribution is -0.123. The van der Waals surface area contributed by atoms with Crippen LogP contribution in [0.2, 0.25) is 5.02 Å². The van der Waals surface area contributed by atoms with Crippen LogP contribution in [0.1, 0.15) is 37.7 Å². The minimum Gasteiger partial charge on any atom is -0.488 e. The molecule has 3 aliphatic rings. The average molecular weight is 494 g/mol. The van der Waals surface area contributed by atoms with Gasteiger partial charge < -0.3 is 14.8 Å². The molecule has 1 saturated heterocycles. The Morgan fingerprint density at radius 1 is 1.25 bits per heavy atom. The third-order valence-corrected chi connectivity index (χ3v) is 8.63. The molecule has 5 nitrogen and oxygen atoms in total. The third kappa shape index (κ3) is 4.06. The first-order valence-electron chi connectivity index (χ1n) is 10.8. The summed E-state index contributed by atoms with van der Waals surface area (Å²) in [5.74, 6) is 0.386. The van der Waals surface area contributed by atoms with Gasteiger partial charge in [-0.1, -0.05) is 30.0 Å². The summed E-state index contributed by atoms with van der Waals surface area (Å²) in [4.78, 5) is 13.3. The van der Waals surface area contributed by atoms with E-state index in [0.29, 0.717) is 15.7 Å². The van der Waals surface area contributed by atoms with Crippen LogP contribution >= 0.6 is 35.5 Å². The van der Waals surface area contributed by atoms with Gasteiger partial charge in [0.25, 0.3) is 0 Å². The zero-order chi connectivity index (χ0) is 22.3. The molecule has 2 heterocycles. The summed E-state index contributed by atoms with van der Waals surface area (Å²) < 4.78 is 26.3. The van der Waals surface area contributed by atoms with Crippen molar-refractivity contribution in [1.29, 1.82) is 0 Å². The van der Waals surface area contributed by atoms with E-state index in [2.05, 4.69) is 20.6 Å². The number of hydrogen-bond acceptors (Lipinski definition) is 6. The Labute approximate surface area is 201 Å². The minimum absolute atomic E-state index is 0.0642. The van der Waals surface area contributed by atoms with Crippen LogP contribution in [0, 0.1) is 5.82 Å². The van der Waals surface area contributed by atoms with Crippen molar-refractivity contribution in [3.8, 4) is 5.75 Å². The molecule has 1 spiro atoms. The van der Waals surface area contributed by atoms with Gasteiger partial charge in [0.05, 0.1) is 16.0 Å². The van der Waals surface area contributed by atoms with E-state index in [1.807, 2.05) is 12.1 Å². The number of piperidine rings is 1. The maximum absolute atomic E-state index is 14.2. The van der Waals surface area contributed by atoms with Crippen molar-refractivity contribution in [3.63, 3.8) is 0 Å². The largest absolute Gasteiger partial charge is 0.488 e. The van der Waals surface area contributed by atoms with E-state index in [-0.39, 0.29) is 17.8 Å². The van der Waals surface area contributed by atoms with Gasteiger partial charge in [-0.25, -0.2) is 4.39 Å². The average Bonchev–Trinajstić information content (AvgIpc) is 3.06. The fourth-order valence-corrected chi connectivity index (χ4v) is 6.01. The summed E-state index contributed by atoms with van der Waals surface area (Å²) in [5.41, 5.74) is 2.13. The molecule has 32 heavy (non-hydrogen) atoms. The van der Waals surface area contributed by atoms with E-state index in [1.54, 1.807) is 24.1 Å². The summed E-state index contributed by atoms with van der Waals surface area (Å²) in [6.45, 7) is 1.96. The zero-order valence-corrected chi connectivity index (χ0v) is 20.1. The normalized spacial score (nSPS) is 20.0. The Bertz CT molecular complexity index is 1040. The number of rotatable bonds is 6. The zero-order valence-electron chi connectivity index (χ0n) is 17.7. The summed E-state index contributed by atoms with van der Waals surface area (Å²) in [7, 11) is 0. The molecule has 0 bridgehead atoms. The Balaban J connectivity index is 1.41. The summed E-state index contributed by atoms with van der Waals surface area (Å²) in [6.07, 6.45) is 6.82. The number of nitrogens with zero attached hydrogens (tertiary/aromatic N) is 1. The molecule has 0 unspecified atom stereocenters. The van der Waals surface area contributed by atoms with Crippen LogP contribution in [-0.4, -0.2) is 35.7 Å². The fraction of sp³-hybridized carbons (Fsp3) is 0.435. The summed E-state index contributed by atoms with van der Waals surface area (Å²) in [6, 6.07) is 8.54. The Kier molecular flexibility index (Phi) is 6.22. The predicted molar refractivity (Wildman–Crippen MR) is 130 cm³/mol. The van der Waals surface area contributed by atoms with Gasteiger partial charge in [-0.3, -0.25) is 9.10 Å². The minimum atomic E-state index is -0.455. The number of carbonyl (C=O) groups excluding carboxylic acids is 1. The van der Waals surface area contributed by atoms with Crippen molar-refractivity contribution in [1.82, 2.24) is 4.31 Å². The molecule has 0 aromatic heterocycles. The van der Waals surface area contributed by atoms with E-state index >= 15 is 0 Å². The number of nitrogens with one attached hydrogen (secondary N) is 2. The number of anilines is 2. The lowest BCUT2D eigenvalue weighted by atomic mass is 9.65. The van der Waals surface area contributed by atoms with Crippen molar-refractivity contribution in [2.75, 3.05) is 29.4 Å².